The van der Waals surface area contributed by atoms with Crippen LogP contribution in [0.25, 0.3) is 0 Å². The van der Waals surface area contributed by atoms with Gasteiger partial charge in [-0.3, -0.25) is 9.80 Å². The molecule has 1 aliphatic rings. The summed E-state index contributed by atoms with van der Waals surface area (Å²) < 4.78 is 0. The summed E-state index contributed by atoms with van der Waals surface area (Å²) in [7, 11) is 2.15. The fourth-order valence-electron chi connectivity index (χ4n) is 1.43. The van der Waals surface area contributed by atoms with Crippen molar-refractivity contribution in [2.45, 2.75) is 13.3 Å². The number of halogens is 1. The highest BCUT2D eigenvalue weighted by Crippen LogP contribution is 2.09. The predicted molar refractivity (Wildman–Crippen MR) is 53.3 cm³/mol. The van der Waals surface area contributed by atoms with E-state index in [4.69, 9.17) is 11.6 Å². The van der Waals surface area contributed by atoms with Gasteiger partial charge in [-0.15, -0.1) is 0 Å². The van der Waals surface area contributed by atoms with Gasteiger partial charge in [-0.05, 0) is 19.0 Å². The van der Waals surface area contributed by atoms with Crippen molar-refractivity contribution in [3.63, 3.8) is 0 Å². The zero-order chi connectivity index (χ0) is 8.97. The molecule has 0 saturated carbocycles. The SMILES string of the molecule is CC/C(=C\Cl)CN1CCN(C)C1. The van der Waals surface area contributed by atoms with Gasteiger partial charge in [0, 0.05) is 25.2 Å². The van der Waals surface area contributed by atoms with E-state index >= 15 is 0 Å². The second-order valence-electron chi connectivity index (χ2n) is 3.39. The molecule has 0 radical (unpaired) electrons. The van der Waals surface area contributed by atoms with Crippen LogP contribution >= 0.6 is 11.6 Å². The maximum atomic E-state index is 5.68. The van der Waals surface area contributed by atoms with Gasteiger partial charge in [0.15, 0.2) is 0 Å². The molecule has 0 spiro atoms. The highest BCUT2D eigenvalue weighted by molar-refractivity contribution is 6.25. The lowest BCUT2D eigenvalue weighted by Crippen LogP contribution is -2.25. The van der Waals surface area contributed by atoms with Gasteiger partial charge in [0.05, 0.1) is 6.67 Å². The molecular formula is C9H17ClN2. The molecule has 70 valence electrons. The van der Waals surface area contributed by atoms with Crippen molar-refractivity contribution in [2.24, 2.45) is 0 Å². The van der Waals surface area contributed by atoms with Crippen molar-refractivity contribution in [3.8, 4) is 0 Å². The molecule has 1 aliphatic heterocycles. The maximum Gasteiger partial charge on any atom is 0.0507 e. The number of nitrogens with zero attached hydrogens (tertiary/aromatic N) is 2. The third-order valence-electron chi connectivity index (χ3n) is 2.27. The van der Waals surface area contributed by atoms with E-state index in [0.29, 0.717) is 0 Å². The van der Waals surface area contributed by atoms with Crippen LogP contribution in [0.1, 0.15) is 13.3 Å². The van der Waals surface area contributed by atoms with Crippen LogP contribution in [-0.4, -0.2) is 43.2 Å². The first-order valence-corrected chi connectivity index (χ1v) is 4.89. The van der Waals surface area contributed by atoms with Gasteiger partial charge in [0.25, 0.3) is 0 Å². The van der Waals surface area contributed by atoms with E-state index in [9.17, 15) is 0 Å². The maximum absolute atomic E-state index is 5.68. The van der Waals surface area contributed by atoms with Gasteiger partial charge >= 0.3 is 0 Å². The van der Waals surface area contributed by atoms with Gasteiger partial charge in [-0.1, -0.05) is 18.5 Å². The van der Waals surface area contributed by atoms with E-state index in [1.54, 1.807) is 5.54 Å². The molecule has 0 unspecified atom stereocenters. The molecule has 0 amide bonds. The quantitative estimate of drug-likeness (QED) is 0.666. The summed E-state index contributed by atoms with van der Waals surface area (Å²) in [5.74, 6) is 0. The van der Waals surface area contributed by atoms with E-state index in [1.165, 1.54) is 18.7 Å². The van der Waals surface area contributed by atoms with Crippen LogP contribution in [-0.2, 0) is 0 Å². The lowest BCUT2D eigenvalue weighted by Gasteiger charge is -2.16. The van der Waals surface area contributed by atoms with E-state index < -0.39 is 0 Å². The Balaban J connectivity index is 2.31. The Kier molecular flexibility index (Phi) is 4.06. The minimum absolute atomic E-state index is 1.03. The summed E-state index contributed by atoms with van der Waals surface area (Å²) in [6.07, 6.45) is 1.06. The summed E-state index contributed by atoms with van der Waals surface area (Å²) in [5.41, 5.74) is 3.05. The van der Waals surface area contributed by atoms with Gasteiger partial charge in [-0.2, -0.15) is 0 Å². The molecule has 1 saturated heterocycles. The standard InChI is InChI=1S/C9H17ClN2/c1-3-9(6-10)7-12-5-4-11(2)8-12/h6H,3-5,7-8H2,1-2H3/b9-6+. The summed E-state index contributed by atoms with van der Waals surface area (Å²) in [6.45, 7) is 6.61. The number of likely N-dealkylation sites (N-methyl/N-ethyl adjacent to an activating group) is 1. The van der Waals surface area contributed by atoms with Crippen LogP contribution in [0.5, 0.6) is 0 Å². The smallest absolute Gasteiger partial charge is 0.0507 e. The molecule has 0 N–H and O–H groups in total. The number of hydrogen-bond acceptors (Lipinski definition) is 2. The van der Waals surface area contributed by atoms with Gasteiger partial charge in [-0.25, -0.2) is 0 Å². The van der Waals surface area contributed by atoms with Crippen molar-refractivity contribution < 1.29 is 0 Å². The molecule has 0 bridgehead atoms. The summed E-state index contributed by atoms with van der Waals surface area (Å²) in [6, 6.07) is 0. The van der Waals surface area contributed by atoms with Crippen molar-refractivity contribution in [1.29, 1.82) is 0 Å². The predicted octanol–water partition coefficient (Wildman–Crippen LogP) is 1.72. The molecule has 1 rings (SSSR count). The highest BCUT2D eigenvalue weighted by atomic mass is 35.5. The summed E-state index contributed by atoms with van der Waals surface area (Å²) >= 11 is 5.68. The molecule has 3 heteroatoms. The second kappa shape index (κ2) is 4.85. The van der Waals surface area contributed by atoms with Gasteiger partial charge in [0.1, 0.15) is 0 Å². The minimum Gasteiger partial charge on any atom is -0.292 e. The molecule has 0 aromatic carbocycles. The zero-order valence-corrected chi connectivity index (χ0v) is 8.64. The molecule has 1 heterocycles. The topological polar surface area (TPSA) is 6.48 Å². The molecule has 0 atom stereocenters. The van der Waals surface area contributed by atoms with Crippen LogP contribution < -0.4 is 0 Å². The Morgan fingerprint density at radius 2 is 2.25 bits per heavy atom. The van der Waals surface area contributed by atoms with Gasteiger partial charge in [0.2, 0.25) is 0 Å². The third kappa shape index (κ3) is 2.77. The minimum atomic E-state index is 1.03. The van der Waals surface area contributed by atoms with E-state index in [2.05, 4.69) is 23.8 Å². The first-order chi connectivity index (χ1) is 5.76. The zero-order valence-electron chi connectivity index (χ0n) is 7.89. The highest BCUT2D eigenvalue weighted by Gasteiger charge is 2.16. The average Bonchev–Trinajstić information content (AvgIpc) is 2.47. The first-order valence-electron chi connectivity index (χ1n) is 4.45. The van der Waals surface area contributed by atoms with Crippen LogP contribution in [0.15, 0.2) is 11.1 Å². The molecule has 0 aliphatic carbocycles. The molecular weight excluding hydrogens is 172 g/mol. The van der Waals surface area contributed by atoms with Crippen molar-refractivity contribution >= 4 is 11.6 Å². The Morgan fingerprint density at radius 1 is 1.50 bits per heavy atom. The number of rotatable bonds is 3. The molecule has 0 aromatic heterocycles. The Hall–Kier alpha value is -0.0500. The Bertz CT molecular complexity index is 168. The normalized spacial score (nSPS) is 22.1. The third-order valence-corrected chi connectivity index (χ3v) is 2.58. The van der Waals surface area contributed by atoms with Crippen molar-refractivity contribution in [1.82, 2.24) is 9.80 Å². The fraction of sp³-hybridized carbons (Fsp3) is 0.778. The van der Waals surface area contributed by atoms with Crippen LogP contribution in [0.3, 0.4) is 0 Å². The van der Waals surface area contributed by atoms with E-state index in [1.807, 2.05) is 0 Å². The summed E-state index contributed by atoms with van der Waals surface area (Å²) in [4.78, 5) is 4.74. The van der Waals surface area contributed by atoms with E-state index in [-0.39, 0.29) is 0 Å². The largest absolute Gasteiger partial charge is 0.292 e. The molecule has 1 fully saturated rings. The summed E-state index contributed by atoms with van der Waals surface area (Å²) in [5, 5.41) is 0. The second-order valence-corrected chi connectivity index (χ2v) is 3.61. The lowest BCUT2D eigenvalue weighted by atomic mass is 10.2. The average molecular weight is 189 g/mol. The van der Waals surface area contributed by atoms with Crippen LogP contribution in [0, 0.1) is 0 Å². The fourth-order valence-corrected chi connectivity index (χ4v) is 1.66. The van der Waals surface area contributed by atoms with Crippen molar-refractivity contribution in [3.05, 3.63) is 11.1 Å². The molecule has 2 nitrogen and oxygen atoms in total. The monoisotopic (exact) mass is 188 g/mol. The lowest BCUT2D eigenvalue weighted by molar-refractivity contribution is 0.290. The Labute approximate surface area is 79.8 Å². The first kappa shape index (κ1) is 10.0. The Morgan fingerprint density at radius 3 is 2.67 bits per heavy atom. The van der Waals surface area contributed by atoms with Crippen LogP contribution in [0.2, 0.25) is 0 Å². The molecule has 0 aromatic rings. The molecule has 12 heavy (non-hydrogen) atoms. The van der Waals surface area contributed by atoms with Crippen molar-refractivity contribution in [2.75, 3.05) is 33.4 Å². The van der Waals surface area contributed by atoms with Gasteiger partial charge < -0.3 is 0 Å². The van der Waals surface area contributed by atoms with Crippen LogP contribution in [0.4, 0.5) is 0 Å². The van der Waals surface area contributed by atoms with E-state index in [0.717, 1.165) is 19.6 Å². The number of hydrogen-bond donors (Lipinski definition) is 0.